The number of likely N-dealkylation sites (N-methyl/N-ethyl adjacent to an activating group) is 1. The van der Waals surface area contributed by atoms with Crippen molar-refractivity contribution in [3.05, 3.63) is 52.5 Å². The van der Waals surface area contributed by atoms with Crippen LogP contribution >= 0.6 is 35.0 Å². The first-order valence-electron chi connectivity index (χ1n) is 7.74. The van der Waals surface area contributed by atoms with Crippen molar-refractivity contribution < 1.29 is 9.59 Å². The Morgan fingerprint density at radius 3 is 2.15 bits per heavy atom. The highest BCUT2D eigenvalue weighted by Gasteiger charge is 2.12. The van der Waals surface area contributed by atoms with Crippen molar-refractivity contribution in [3.8, 4) is 0 Å². The zero-order valence-corrected chi connectivity index (χ0v) is 16.7. The van der Waals surface area contributed by atoms with Gasteiger partial charge in [-0.2, -0.15) is 0 Å². The number of nitrogens with one attached hydrogen (secondary N) is 2. The molecule has 0 aliphatic rings. The molecular formula is C18H19Cl2N3O2S. The van der Waals surface area contributed by atoms with Crippen molar-refractivity contribution in [2.45, 2.75) is 4.90 Å². The molecule has 2 aromatic carbocycles. The third-order valence-electron chi connectivity index (χ3n) is 3.38. The summed E-state index contributed by atoms with van der Waals surface area (Å²) in [5.74, 6) is -0.434. The quantitative estimate of drug-likeness (QED) is 0.669. The molecule has 138 valence electrons. The first kappa shape index (κ1) is 20.6. The van der Waals surface area contributed by atoms with Crippen molar-refractivity contribution in [1.82, 2.24) is 4.90 Å². The molecule has 2 amide bonds. The molecule has 0 unspecified atom stereocenters. The minimum atomic E-state index is -0.247. The zero-order chi connectivity index (χ0) is 19.1. The van der Waals surface area contributed by atoms with E-state index in [1.165, 1.54) is 0 Å². The summed E-state index contributed by atoms with van der Waals surface area (Å²) in [6.45, 7) is 0.163. The van der Waals surface area contributed by atoms with Gasteiger partial charge in [0.15, 0.2) is 0 Å². The molecule has 5 nitrogen and oxygen atoms in total. The molecule has 0 saturated carbocycles. The van der Waals surface area contributed by atoms with Crippen LogP contribution in [0.3, 0.4) is 0 Å². The molecule has 0 fully saturated rings. The molecule has 0 bridgehead atoms. The van der Waals surface area contributed by atoms with Crippen molar-refractivity contribution >= 4 is 58.2 Å². The van der Waals surface area contributed by atoms with E-state index in [-0.39, 0.29) is 24.9 Å². The summed E-state index contributed by atoms with van der Waals surface area (Å²) in [4.78, 5) is 26.9. The SMILES string of the molecule is CSc1cccc(NC(=O)CN(C)CC(=O)Nc2ccc(Cl)c(Cl)c2)c1. The van der Waals surface area contributed by atoms with Gasteiger partial charge < -0.3 is 10.6 Å². The lowest BCUT2D eigenvalue weighted by Crippen LogP contribution is -2.36. The fourth-order valence-electron chi connectivity index (χ4n) is 2.22. The molecule has 0 aliphatic heterocycles. The van der Waals surface area contributed by atoms with Crippen LogP contribution in [0, 0.1) is 0 Å². The molecule has 0 heterocycles. The fraction of sp³-hybridized carbons (Fsp3) is 0.222. The largest absolute Gasteiger partial charge is 0.325 e. The number of anilines is 2. The van der Waals surface area contributed by atoms with E-state index in [1.54, 1.807) is 41.9 Å². The Morgan fingerprint density at radius 2 is 1.58 bits per heavy atom. The number of rotatable bonds is 7. The summed E-state index contributed by atoms with van der Waals surface area (Å²) >= 11 is 13.4. The minimum Gasteiger partial charge on any atom is -0.325 e. The molecule has 2 aromatic rings. The van der Waals surface area contributed by atoms with Gasteiger partial charge in [0.1, 0.15) is 0 Å². The summed E-state index contributed by atoms with van der Waals surface area (Å²) in [5.41, 5.74) is 1.28. The third kappa shape index (κ3) is 6.53. The molecular weight excluding hydrogens is 393 g/mol. The average Bonchev–Trinajstić information content (AvgIpc) is 2.57. The Morgan fingerprint density at radius 1 is 0.962 bits per heavy atom. The summed E-state index contributed by atoms with van der Waals surface area (Å²) in [7, 11) is 1.70. The normalized spacial score (nSPS) is 10.7. The summed E-state index contributed by atoms with van der Waals surface area (Å²) in [6.07, 6.45) is 1.97. The van der Waals surface area contributed by atoms with Gasteiger partial charge in [0.2, 0.25) is 11.8 Å². The molecule has 0 saturated heterocycles. The number of thioether (sulfide) groups is 1. The number of carbonyl (C=O) groups is 2. The van der Waals surface area contributed by atoms with Crippen LogP contribution in [-0.2, 0) is 9.59 Å². The van der Waals surface area contributed by atoms with E-state index in [4.69, 9.17) is 23.2 Å². The zero-order valence-electron chi connectivity index (χ0n) is 14.4. The Kier molecular flexibility index (Phi) is 7.78. The van der Waals surface area contributed by atoms with Crippen LogP contribution in [0.25, 0.3) is 0 Å². The number of nitrogens with zero attached hydrogens (tertiary/aromatic N) is 1. The predicted octanol–water partition coefficient (Wildman–Crippen LogP) is 4.22. The molecule has 0 radical (unpaired) electrons. The van der Waals surface area contributed by atoms with Crippen molar-refractivity contribution in [2.75, 3.05) is 37.0 Å². The van der Waals surface area contributed by atoms with Crippen molar-refractivity contribution in [3.63, 3.8) is 0 Å². The average molecular weight is 412 g/mol. The third-order valence-corrected chi connectivity index (χ3v) is 4.85. The second-order valence-corrected chi connectivity index (χ2v) is 7.32. The number of halogens is 2. The number of benzene rings is 2. The molecule has 0 aromatic heterocycles. The second-order valence-electron chi connectivity index (χ2n) is 5.63. The molecule has 0 atom stereocenters. The number of amides is 2. The van der Waals surface area contributed by atoms with E-state index in [2.05, 4.69) is 10.6 Å². The first-order chi connectivity index (χ1) is 12.4. The van der Waals surface area contributed by atoms with Crippen LogP contribution in [0.15, 0.2) is 47.4 Å². The maximum atomic E-state index is 12.1. The predicted molar refractivity (Wildman–Crippen MR) is 109 cm³/mol. The smallest absolute Gasteiger partial charge is 0.238 e. The lowest BCUT2D eigenvalue weighted by Gasteiger charge is -2.16. The number of hydrogen-bond donors (Lipinski definition) is 2. The molecule has 26 heavy (non-hydrogen) atoms. The van der Waals surface area contributed by atoms with E-state index < -0.39 is 0 Å². The van der Waals surface area contributed by atoms with Gasteiger partial charge in [-0.3, -0.25) is 14.5 Å². The number of hydrogen-bond acceptors (Lipinski definition) is 4. The van der Waals surface area contributed by atoms with Gasteiger partial charge in [0, 0.05) is 16.3 Å². The van der Waals surface area contributed by atoms with E-state index >= 15 is 0 Å². The monoisotopic (exact) mass is 411 g/mol. The van der Waals surface area contributed by atoms with Crippen LogP contribution < -0.4 is 10.6 Å². The van der Waals surface area contributed by atoms with Gasteiger partial charge >= 0.3 is 0 Å². The molecule has 8 heteroatoms. The second kappa shape index (κ2) is 9.83. The van der Waals surface area contributed by atoms with Crippen LogP contribution in [0.1, 0.15) is 0 Å². The van der Waals surface area contributed by atoms with Crippen LogP contribution in [0.2, 0.25) is 10.0 Å². The van der Waals surface area contributed by atoms with E-state index in [9.17, 15) is 9.59 Å². The number of carbonyl (C=O) groups excluding carboxylic acids is 2. The fourth-order valence-corrected chi connectivity index (χ4v) is 2.98. The van der Waals surface area contributed by atoms with Gasteiger partial charge in [0.05, 0.1) is 23.1 Å². The first-order valence-corrected chi connectivity index (χ1v) is 9.73. The lowest BCUT2D eigenvalue weighted by molar-refractivity contribution is -0.119. The Hall–Kier alpha value is -1.73. The van der Waals surface area contributed by atoms with Crippen LogP contribution in [0.4, 0.5) is 11.4 Å². The topological polar surface area (TPSA) is 61.4 Å². The Bertz CT molecular complexity index is 802. The summed E-state index contributed by atoms with van der Waals surface area (Å²) < 4.78 is 0. The molecule has 0 aliphatic carbocycles. The van der Waals surface area contributed by atoms with E-state index in [1.807, 2.05) is 30.5 Å². The van der Waals surface area contributed by atoms with E-state index in [0.717, 1.165) is 10.6 Å². The van der Waals surface area contributed by atoms with Gasteiger partial charge in [-0.05, 0) is 49.7 Å². The van der Waals surface area contributed by atoms with Gasteiger partial charge in [0.25, 0.3) is 0 Å². The summed E-state index contributed by atoms with van der Waals surface area (Å²) in [6, 6.07) is 12.4. The van der Waals surface area contributed by atoms with Gasteiger partial charge in [-0.25, -0.2) is 0 Å². The van der Waals surface area contributed by atoms with Gasteiger partial charge in [-0.1, -0.05) is 29.3 Å². The molecule has 2 N–H and O–H groups in total. The highest BCUT2D eigenvalue weighted by molar-refractivity contribution is 7.98. The molecule has 2 rings (SSSR count). The lowest BCUT2D eigenvalue weighted by atomic mass is 10.3. The standard InChI is InChI=1S/C18H19Cl2N3O2S/c1-23(10-17(24)21-12-4-3-5-14(8-12)26-2)11-18(25)22-13-6-7-15(19)16(20)9-13/h3-9H,10-11H2,1-2H3,(H,21,24)(H,22,25). The van der Waals surface area contributed by atoms with Crippen molar-refractivity contribution in [2.24, 2.45) is 0 Å². The maximum Gasteiger partial charge on any atom is 0.238 e. The molecule has 0 spiro atoms. The highest BCUT2D eigenvalue weighted by atomic mass is 35.5. The maximum absolute atomic E-state index is 12.1. The van der Waals surface area contributed by atoms with Crippen molar-refractivity contribution in [1.29, 1.82) is 0 Å². The summed E-state index contributed by atoms with van der Waals surface area (Å²) in [5, 5.41) is 6.33. The Labute approximate surface area is 167 Å². The van der Waals surface area contributed by atoms with Crippen LogP contribution in [-0.4, -0.2) is 43.1 Å². The highest BCUT2D eigenvalue weighted by Crippen LogP contribution is 2.25. The Balaban J connectivity index is 1.82. The van der Waals surface area contributed by atoms with E-state index in [0.29, 0.717) is 15.7 Å². The minimum absolute atomic E-state index is 0.0680. The van der Waals surface area contributed by atoms with Crippen LogP contribution in [0.5, 0.6) is 0 Å². The van der Waals surface area contributed by atoms with Gasteiger partial charge in [-0.15, -0.1) is 11.8 Å².